The smallest absolute Gasteiger partial charge is 0.251 e. The zero-order chi connectivity index (χ0) is 12.5. The van der Waals surface area contributed by atoms with E-state index in [1.165, 1.54) is 4.90 Å². The van der Waals surface area contributed by atoms with E-state index >= 15 is 0 Å². The van der Waals surface area contributed by atoms with Gasteiger partial charge in [-0.1, -0.05) is 18.2 Å². The number of nitrogens with one attached hydrogen (secondary N) is 1. The highest BCUT2D eigenvalue weighted by molar-refractivity contribution is 7.99. The molecule has 1 atom stereocenters. The molecule has 0 saturated carbocycles. The molecule has 0 saturated heterocycles. The Morgan fingerprint density at radius 2 is 2.12 bits per heavy atom. The van der Waals surface area contributed by atoms with Gasteiger partial charge >= 0.3 is 0 Å². The van der Waals surface area contributed by atoms with Gasteiger partial charge in [0.15, 0.2) is 0 Å². The first-order valence-electron chi connectivity index (χ1n) is 5.67. The number of carbonyl (C=O) groups excluding carboxylic acids is 1. The Labute approximate surface area is 106 Å². The summed E-state index contributed by atoms with van der Waals surface area (Å²) in [6.45, 7) is 5.72. The first kappa shape index (κ1) is 12.5. The molecule has 1 aliphatic rings. The number of benzene rings is 1. The minimum atomic E-state index is -0.360. The van der Waals surface area contributed by atoms with Crippen LogP contribution in [0.25, 0.3) is 0 Å². The average molecular weight is 251 g/mol. The summed E-state index contributed by atoms with van der Waals surface area (Å²) in [5, 5.41) is 0. The Kier molecular flexibility index (Phi) is 3.45. The van der Waals surface area contributed by atoms with Gasteiger partial charge in [-0.25, -0.2) is 5.48 Å². The van der Waals surface area contributed by atoms with Gasteiger partial charge < -0.3 is 0 Å². The van der Waals surface area contributed by atoms with Crippen molar-refractivity contribution in [3.05, 3.63) is 29.8 Å². The van der Waals surface area contributed by atoms with Gasteiger partial charge in [0.05, 0.1) is 11.5 Å². The van der Waals surface area contributed by atoms with Crippen LogP contribution in [0.2, 0.25) is 0 Å². The van der Waals surface area contributed by atoms with E-state index in [0.29, 0.717) is 0 Å². The molecule has 1 heterocycles. The highest BCUT2D eigenvalue weighted by atomic mass is 32.2. The van der Waals surface area contributed by atoms with Crippen LogP contribution in [0.3, 0.4) is 0 Å². The van der Waals surface area contributed by atoms with Crippen molar-refractivity contribution in [3.8, 4) is 0 Å². The zero-order valence-electron chi connectivity index (χ0n) is 10.3. The lowest BCUT2D eigenvalue weighted by Crippen LogP contribution is -2.36. The normalized spacial score (nSPS) is 18.9. The van der Waals surface area contributed by atoms with Crippen LogP contribution >= 0.6 is 11.8 Å². The molecule has 0 fully saturated rings. The molecule has 0 radical (unpaired) electrons. The first-order chi connectivity index (χ1) is 7.97. The van der Waals surface area contributed by atoms with Gasteiger partial charge in [-0.3, -0.25) is 9.63 Å². The molecule has 1 amide bonds. The van der Waals surface area contributed by atoms with Crippen molar-refractivity contribution in [2.75, 3.05) is 5.75 Å². The number of hydroxylamine groups is 1. The fourth-order valence-electron chi connectivity index (χ4n) is 1.65. The summed E-state index contributed by atoms with van der Waals surface area (Å²) >= 11 is 1.72. The molecule has 17 heavy (non-hydrogen) atoms. The van der Waals surface area contributed by atoms with E-state index < -0.39 is 0 Å². The number of fused-ring (bicyclic) bond motifs is 1. The summed E-state index contributed by atoms with van der Waals surface area (Å²) < 4.78 is 0. The Balaban J connectivity index is 2.03. The molecule has 1 aromatic carbocycles. The van der Waals surface area contributed by atoms with Crippen LogP contribution in [0.5, 0.6) is 0 Å². The molecule has 3 nitrogen and oxygen atoms in total. The Bertz CT molecular complexity index is 426. The third kappa shape index (κ3) is 3.01. The lowest BCUT2D eigenvalue weighted by Gasteiger charge is -2.20. The molecule has 1 N–H and O–H groups in total. The fourth-order valence-corrected chi connectivity index (χ4v) is 2.88. The largest absolute Gasteiger partial charge is 0.272 e. The van der Waals surface area contributed by atoms with E-state index in [1.807, 2.05) is 39.0 Å². The maximum absolute atomic E-state index is 12.0. The van der Waals surface area contributed by atoms with Crippen LogP contribution in [0, 0.1) is 0 Å². The summed E-state index contributed by atoms with van der Waals surface area (Å²) in [5.74, 6) is 0.634. The van der Waals surface area contributed by atoms with Crippen LogP contribution < -0.4 is 5.48 Å². The van der Waals surface area contributed by atoms with E-state index in [1.54, 1.807) is 11.8 Å². The van der Waals surface area contributed by atoms with Gasteiger partial charge in [0, 0.05) is 10.6 Å². The summed E-state index contributed by atoms with van der Waals surface area (Å²) in [7, 11) is 0. The molecule has 92 valence electrons. The average Bonchev–Trinajstić information content (AvgIpc) is 2.68. The predicted octanol–water partition coefficient (Wildman–Crippen LogP) is 2.72. The molecule has 4 heteroatoms. The quantitative estimate of drug-likeness (QED) is 0.821. The van der Waals surface area contributed by atoms with Gasteiger partial charge in [-0.05, 0) is 32.4 Å². The van der Waals surface area contributed by atoms with Crippen molar-refractivity contribution in [1.29, 1.82) is 0 Å². The summed E-state index contributed by atoms with van der Waals surface area (Å²) in [4.78, 5) is 18.5. The van der Waals surface area contributed by atoms with Crippen molar-refractivity contribution >= 4 is 17.7 Å². The molecule has 0 aromatic heterocycles. The van der Waals surface area contributed by atoms with E-state index in [-0.39, 0.29) is 17.4 Å². The van der Waals surface area contributed by atoms with E-state index in [0.717, 1.165) is 11.3 Å². The van der Waals surface area contributed by atoms with Crippen molar-refractivity contribution < 1.29 is 9.63 Å². The number of thioether (sulfide) groups is 1. The Morgan fingerprint density at radius 1 is 1.41 bits per heavy atom. The SMILES string of the molecule is CC(C)(C)ONC(=O)C1CSc2ccccc21. The highest BCUT2D eigenvalue weighted by Gasteiger charge is 2.29. The molecule has 0 bridgehead atoms. The third-order valence-electron chi connectivity index (χ3n) is 2.47. The van der Waals surface area contributed by atoms with Crippen LogP contribution in [-0.4, -0.2) is 17.3 Å². The molecular weight excluding hydrogens is 234 g/mol. The summed E-state index contributed by atoms with van der Waals surface area (Å²) in [5.41, 5.74) is 3.30. The predicted molar refractivity (Wildman–Crippen MR) is 68.9 cm³/mol. The fraction of sp³-hybridized carbons (Fsp3) is 0.462. The van der Waals surface area contributed by atoms with E-state index in [4.69, 9.17) is 4.84 Å². The molecule has 1 aliphatic heterocycles. The van der Waals surface area contributed by atoms with Crippen LogP contribution in [0.15, 0.2) is 29.2 Å². The summed E-state index contributed by atoms with van der Waals surface area (Å²) in [6, 6.07) is 8.03. The number of carbonyl (C=O) groups is 1. The van der Waals surface area contributed by atoms with Crippen molar-refractivity contribution in [2.45, 2.75) is 37.2 Å². The highest BCUT2D eigenvalue weighted by Crippen LogP contribution is 2.39. The molecule has 0 aliphatic carbocycles. The first-order valence-corrected chi connectivity index (χ1v) is 6.65. The number of hydrogen-bond acceptors (Lipinski definition) is 3. The van der Waals surface area contributed by atoms with E-state index in [2.05, 4.69) is 11.5 Å². The topological polar surface area (TPSA) is 38.3 Å². The van der Waals surface area contributed by atoms with Gasteiger partial charge in [0.2, 0.25) is 0 Å². The number of rotatable bonds is 2. The van der Waals surface area contributed by atoms with Gasteiger partial charge in [0.1, 0.15) is 0 Å². The second-order valence-electron chi connectivity index (χ2n) is 5.08. The number of amides is 1. The minimum absolute atomic E-state index is 0.0580. The lowest BCUT2D eigenvalue weighted by atomic mass is 10.0. The monoisotopic (exact) mass is 251 g/mol. The molecule has 1 aromatic rings. The molecule has 1 unspecified atom stereocenters. The Morgan fingerprint density at radius 3 is 2.82 bits per heavy atom. The molecular formula is C13H17NO2S. The van der Waals surface area contributed by atoms with Crippen LogP contribution in [-0.2, 0) is 9.63 Å². The second-order valence-corrected chi connectivity index (χ2v) is 6.14. The maximum atomic E-state index is 12.0. The summed E-state index contributed by atoms with van der Waals surface area (Å²) in [6.07, 6.45) is 0. The van der Waals surface area contributed by atoms with Crippen LogP contribution in [0.4, 0.5) is 0 Å². The third-order valence-corrected chi connectivity index (χ3v) is 3.66. The van der Waals surface area contributed by atoms with Gasteiger partial charge in [0.25, 0.3) is 5.91 Å². The standard InChI is InChI=1S/C13H17NO2S/c1-13(2,3)16-14-12(15)10-8-17-11-7-5-4-6-9(10)11/h4-7,10H,8H2,1-3H3,(H,14,15). The molecule has 0 spiro atoms. The van der Waals surface area contributed by atoms with Crippen molar-refractivity contribution in [2.24, 2.45) is 0 Å². The molecule has 2 rings (SSSR count). The van der Waals surface area contributed by atoms with Crippen LogP contribution in [0.1, 0.15) is 32.3 Å². The van der Waals surface area contributed by atoms with Gasteiger partial charge in [-0.2, -0.15) is 0 Å². The minimum Gasteiger partial charge on any atom is -0.272 e. The van der Waals surface area contributed by atoms with Gasteiger partial charge in [-0.15, -0.1) is 11.8 Å². The lowest BCUT2D eigenvalue weighted by molar-refractivity contribution is -0.146. The van der Waals surface area contributed by atoms with Crippen molar-refractivity contribution in [1.82, 2.24) is 5.48 Å². The van der Waals surface area contributed by atoms with Crippen molar-refractivity contribution in [3.63, 3.8) is 0 Å². The maximum Gasteiger partial charge on any atom is 0.251 e. The zero-order valence-corrected chi connectivity index (χ0v) is 11.1. The Hall–Kier alpha value is -1.00. The van der Waals surface area contributed by atoms with E-state index in [9.17, 15) is 4.79 Å². The number of hydrogen-bond donors (Lipinski definition) is 1. The second kappa shape index (κ2) is 4.70.